The summed E-state index contributed by atoms with van der Waals surface area (Å²) >= 11 is 0. The van der Waals surface area contributed by atoms with E-state index in [2.05, 4.69) is 43.0 Å². The molecule has 2 rings (SSSR count). The summed E-state index contributed by atoms with van der Waals surface area (Å²) in [6.45, 7) is 10.9. The van der Waals surface area contributed by atoms with Gasteiger partial charge in [0.15, 0.2) is 0 Å². The summed E-state index contributed by atoms with van der Waals surface area (Å²) in [5.41, 5.74) is 1.36. The number of hydrogen-bond acceptors (Lipinski definition) is 4. The van der Waals surface area contributed by atoms with Crippen molar-refractivity contribution in [3.05, 3.63) is 23.2 Å². The molecule has 0 saturated carbocycles. The minimum atomic E-state index is -0.337. The van der Waals surface area contributed by atoms with Crippen LogP contribution in [-0.2, 0) is 9.31 Å². The van der Waals surface area contributed by atoms with Gasteiger partial charge in [0.05, 0.1) is 23.1 Å². The van der Waals surface area contributed by atoms with Gasteiger partial charge in [-0.15, -0.1) is 0 Å². The van der Waals surface area contributed by atoms with E-state index in [1.165, 1.54) is 0 Å². The van der Waals surface area contributed by atoms with Crippen molar-refractivity contribution >= 4 is 13.2 Å². The third-order valence-electron chi connectivity index (χ3n) is 4.00. The van der Waals surface area contributed by atoms with Gasteiger partial charge in [0.2, 0.25) is 0 Å². The topological polar surface area (TPSA) is 59.2 Å². The predicted molar refractivity (Wildman–Crippen MR) is 81.3 cm³/mol. The summed E-state index contributed by atoms with van der Waals surface area (Å²) < 4.78 is 12.2. The van der Waals surface area contributed by atoms with Crippen LogP contribution >= 0.6 is 0 Å². The second-order valence-electron chi connectivity index (χ2n) is 6.26. The summed E-state index contributed by atoms with van der Waals surface area (Å²) in [6.07, 6.45) is 3.86. The van der Waals surface area contributed by atoms with E-state index in [4.69, 9.17) is 9.31 Å². The van der Waals surface area contributed by atoms with E-state index >= 15 is 0 Å². The molecule has 1 aromatic rings. The monoisotopic (exact) mass is 277 g/mol. The first-order valence-corrected chi connectivity index (χ1v) is 6.97. The molecule has 1 aliphatic heterocycles. The van der Waals surface area contributed by atoms with Crippen LogP contribution in [-0.4, -0.2) is 41.9 Å². The molecule has 2 heterocycles. The normalized spacial score (nSPS) is 21.5. The molecule has 0 aromatic carbocycles. The maximum absolute atomic E-state index is 6.09. The van der Waals surface area contributed by atoms with Crippen LogP contribution in [0.25, 0.3) is 6.08 Å². The first kappa shape index (κ1) is 15.3. The van der Waals surface area contributed by atoms with Gasteiger partial charge in [0.1, 0.15) is 5.82 Å². The molecule has 0 atom stereocenters. The Morgan fingerprint density at radius 2 is 1.95 bits per heavy atom. The van der Waals surface area contributed by atoms with Crippen molar-refractivity contribution < 1.29 is 9.31 Å². The number of aryl methyl sites for hydroxylation is 1. The van der Waals surface area contributed by atoms with Gasteiger partial charge in [-0.1, -0.05) is 0 Å². The second kappa shape index (κ2) is 5.35. The summed E-state index contributed by atoms with van der Waals surface area (Å²) in [7, 11) is 1.58. The number of nitrogens with zero attached hydrogens (tertiary/aromatic N) is 1. The third-order valence-corrected chi connectivity index (χ3v) is 4.00. The fourth-order valence-electron chi connectivity index (χ4n) is 2.11. The van der Waals surface area contributed by atoms with Gasteiger partial charge in [-0.05, 0) is 53.2 Å². The fraction of sp³-hybridized carbons (Fsp3) is 0.643. The lowest BCUT2D eigenvalue weighted by atomic mass is 9.77. The minimum Gasteiger partial charge on any atom is -0.400 e. The van der Waals surface area contributed by atoms with E-state index in [1.54, 1.807) is 0 Å². The zero-order chi connectivity index (χ0) is 15.0. The molecule has 0 bridgehead atoms. The lowest BCUT2D eigenvalue weighted by molar-refractivity contribution is 0.00578. The molecule has 2 N–H and O–H groups in total. The lowest BCUT2D eigenvalue weighted by Gasteiger charge is -2.32. The van der Waals surface area contributed by atoms with Gasteiger partial charge in [-0.2, -0.15) is 0 Å². The van der Waals surface area contributed by atoms with Crippen LogP contribution < -0.4 is 5.32 Å². The molecule has 1 saturated heterocycles. The van der Waals surface area contributed by atoms with Crippen LogP contribution in [0.1, 0.15) is 39.2 Å². The van der Waals surface area contributed by atoms with E-state index in [0.29, 0.717) is 6.54 Å². The van der Waals surface area contributed by atoms with Gasteiger partial charge >= 0.3 is 7.12 Å². The molecule has 1 fully saturated rings. The molecular weight excluding hydrogens is 253 g/mol. The Morgan fingerprint density at radius 1 is 1.35 bits per heavy atom. The number of likely N-dealkylation sites (N-methyl/N-ethyl adjacent to an activating group) is 1. The predicted octanol–water partition coefficient (Wildman–Crippen LogP) is 1.95. The lowest BCUT2D eigenvalue weighted by Crippen LogP contribution is -2.41. The summed E-state index contributed by atoms with van der Waals surface area (Å²) in [5.74, 6) is 0.897. The van der Waals surface area contributed by atoms with Crippen molar-refractivity contribution in [2.24, 2.45) is 0 Å². The fourth-order valence-corrected chi connectivity index (χ4v) is 2.11. The molecule has 0 radical (unpaired) electrons. The smallest absolute Gasteiger partial charge is 0.400 e. The molecule has 1 aromatic heterocycles. The summed E-state index contributed by atoms with van der Waals surface area (Å²) in [4.78, 5) is 7.41. The van der Waals surface area contributed by atoms with Crippen LogP contribution in [0.15, 0.2) is 11.7 Å². The highest BCUT2D eigenvalue weighted by Gasteiger charge is 2.52. The number of aromatic nitrogens is 2. The van der Waals surface area contributed by atoms with Crippen molar-refractivity contribution in [1.29, 1.82) is 0 Å². The molecule has 20 heavy (non-hydrogen) atoms. The van der Waals surface area contributed by atoms with Crippen molar-refractivity contribution in [2.75, 3.05) is 13.6 Å². The quantitative estimate of drug-likeness (QED) is 0.826. The zero-order valence-electron chi connectivity index (χ0n) is 13.2. The maximum Gasteiger partial charge on any atom is 0.491 e. The Hall–Kier alpha value is -1.11. The van der Waals surface area contributed by atoms with Crippen LogP contribution in [0, 0.1) is 6.92 Å². The third kappa shape index (κ3) is 2.97. The Balaban J connectivity index is 2.24. The Labute approximate surface area is 121 Å². The van der Waals surface area contributed by atoms with Crippen LogP contribution in [0.2, 0.25) is 0 Å². The minimum absolute atomic E-state index is 0.325. The van der Waals surface area contributed by atoms with E-state index in [9.17, 15) is 0 Å². The van der Waals surface area contributed by atoms with Crippen LogP contribution in [0.5, 0.6) is 0 Å². The molecule has 6 heteroatoms. The van der Waals surface area contributed by atoms with Crippen molar-refractivity contribution in [3.63, 3.8) is 0 Å². The molecular formula is C14H24BN3O2. The van der Waals surface area contributed by atoms with Crippen molar-refractivity contribution in [2.45, 2.75) is 45.8 Å². The first-order valence-electron chi connectivity index (χ1n) is 6.97. The first-order chi connectivity index (χ1) is 9.25. The molecule has 0 unspecified atom stereocenters. The highest BCUT2D eigenvalue weighted by molar-refractivity contribution is 6.55. The number of hydrogen-bond donors (Lipinski definition) is 2. The molecule has 0 aliphatic carbocycles. The van der Waals surface area contributed by atoms with Gasteiger partial charge in [0.25, 0.3) is 0 Å². The largest absolute Gasteiger partial charge is 0.491 e. The van der Waals surface area contributed by atoms with E-state index in [0.717, 1.165) is 17.0 Å². The van der Waals surface area contributed by atoms with E-state index in [-0.39, 0.29) is 18.3 Å². The molecule has 110 valence electrons. The summed E-state index contributed by atoms with van der Waals surface area (Å²) in [5, 5.41) is 3.16. The SMILES string of the molecule is CNCC(=Cc1cnc(C)[nH]1)B1OC(C)(C)C(C)(C)O1. The van der Waals surface area contributed by atoms with Gasteiger partial charge < -0.3 is 19.6 Å². The average molecular weight is 277 g/mol. The Bertz CT molecular complexity index is 492. The van der Waals surface area contributed by atoms with Gasteiger partial charge in [-0.25, -0.2) is 4.98 Å². The van der Waals surface area contributed by atoms with Crippen molar-refractivity contribution in [1.82, 2.24) is 15.3 Å². The van der Waals surface area contributed by atoms with E-state index in [1.807, 2.05) is 26.2 Å². The molecule has 5 nitrogen and oxygen atoms in total. The number of aromatic amines is 1. The number of nitrogens with one attached hydrogen (secondary N) is 2. The van der Waals surface area contributed by atoms with Gasteiger partial charge in [-0.3, -0.25) is 0 Å². The Kier molecular flexibility index (Phi) is 4.09. The number of H-pyrrole nitrogens is 1. The van der Waals surface area contributed by atoms with Gasteiger partial charge in [0, 0.05) is 6.54 Å². The molecule has 1 aliphatic rings. The standard InChI is InChI=1S/C14H24BN3O2/c1-10-17-9-12(18-10)7-11(8-16-6)15-19-13(2,3)14(4,5)20-15/h7,9,16H,8H2,1-6H3,(H,17,18). The Morgan fingerprint density at radius 3 is 2.40 bits per heavy atom. The number of rotatable bonds is 4. The summed E-state index contributed by atoms with van der Waals surface area (Å²) in [6, 6.07) is 0. The van der Waals surface area contributed by atoms with Crippen molar-refractivity contribution in [3.8, 4) is 0 Å². The highest BCUT2D eigenvalue weighted by atomic mass is 16.7. The zero-order valence-corrected chi connectivity index (χ0v) is 13.2. The maximum atomic E-state index is 6.09. The average Bonchev–Trinajstić information content (AvgIpc) is 2.81. The second-order valence-corrected chi connectivity index (χ2v) is 6.26. The van der Waals surface area contributed by atoms with Crippen LogP contribution in [0.4, 0.5) is 0 Å². The number of imidazole rings is 1. The van der Waals surface area contributed by atoms with Crippen LogP contribution in [0.3, 0.4) is 0 Å². The highest BCUT2D eigenvalue weighted by Crippen LogP contribution is 2.38. The molecule has 0 amide bonds. The molecule has 0 spiro atoms. The van der Waals surface area contributed by atoms with E-state index < -0.39 is 0 Å².